The number of nitrogens with zero attached hydrogens (tertiary/aromatic N) is 2. The largest absolute Gasteiger partial charge is 0.487 e. The molecule has 0 radical (unpaired) electrons. The minimum absolute atomic E-state index is 0.0491. The Bertz CT molecular complexity index is 1630. The number of morpholine rings is 1. The first-order chi connectivity index (χ1) is 24.0. The molecule has 1 saturated heterocycles. The molecule has 10 nitrogen and oxygen atoms in total. The highest BCUT2D eigenvalue weighted by Gasteiger charge is 2.46. The van der Waals surface area contributed by atoms with Crippen LogP contribution in [0.1, 0.15) is 67.4 Å². The number of sulfonamides is 1. The predicted molar refractivity (Wildman–Crippen MR) is 195 cm³/mol. The van der Waals surface area contributed by atoms with Crippen LogP contribution in [-0.2, 0) is 32.5 Å². The zero-order valence-corrected chi connectivity index (χ0v) is 30.9. The average molecular weight is 730 g/mol. The molecule has 50 heavy (non-hydrogen) atoms. The zero-order valence-electron chi connectivity index (χ0n) is 29.3. The average Bonchev–Trinajstić information content (AvgIpc) is 3.11. The molecule has 2 fully saturated rings. The molecule has 5 atom stereocenters. The van der Waals surface area contributed by atoms with Gasteiger partial charge >= 0.3 is 0 Å². The highest BCUT2D eigenvalue weighted by Crippen LogP contribution is 2.45. The maximum Gasteiger partial charge on any atom is 0.264 e. The van der Waals surface area contributed by atoms with Gasteiger partial charge in [0.25, 0.3) is 5.91 Å². The van der Waals surface area contributed by atoms with E-state index in [1.165, 1.54) is 0 Å². The molecule has 274 valence electrons. The maximum atomic E-state index is 13.5. The van der Waals surface area contributed by atoms with Crippen LogP contribution >= 0.6 is 11.6 Å². The third kappa shape index (κ3) is 8.85. The Labute approximate surface area is 302 Å². The second-order valence-electron chi connectivity index (χ2n) is 14.5. The Kier molecular flexibility index (Phi) is 12.1. The molecule has 2 N–H and O–H groups in total. The van der Waals surface area contributed by atoms with Crippen LogP contribution in [0.3, 0.4) is 0 Å². The number of aryl methyl sites for hydroxylation is 1. The summed E-state index contributed by atoms with van der Waals surface area (Å²) >= 11 is 6.36. The fraction of sp³-hybridized carbons (Fsp3) is 0.605. The first kappa shape index (κ1) is 37.1. The molecule has 0 aromatic heterocycles. The van der Waals surface area contributed by atoms with Gasteiger partial charge in [-0.2, -0.15) is 0 Å². The Morgan fingerprint density at radius 3 is 2.66 bits per heavy atom. The number of nitrogens with one attached hydrogen (secondary N) is 1. The van der Waals surface area contributed by atoms with Gasteiger partial charge in [0, 0.05) is 43.3 Å². The molecule has 2 aromatic rings. The van der Waals surface area contributed by atoms with Crippen molar-refractivity contribution in [1.82, 2.24) is 9.62 Å². The van der Waals surface area contributed by atoms with Crippen molar-refractivity contribution in [2.24, 2.45) is 17.8 Å². The minimum Gasteiger partial charge on any atom is -0.487 e. The van der Waals surface area contributed by atoms with Crippen molar-refractivity contribution in [3.63, 3.8) is 0 Å². The summed E-state index contributed by atoms with van der Waals surface area (Å²) in [5, 5.41) is 12.2. The summed E-state index contributed by atoms with van der Waals surface area (Å²) < 4.78 is 47.3. The third-order valence-electron chi connectivity index (χ3n) is 11.2. The lowest BCUT2D eigenvalue weighted by atomic mass is 9.64. The molecule has 1 aliphatic carbocycles. The molecule has 3 aliphatic heterocycles. The summed E-state index contributed by atoms with van der Waals surface area (Å²) in [4.78, 5) is 18.1. The van der Waals surface area contributed by atoms with Gasteiger partial charge in [-0.1, -0.05) is 36.7 Å². The SMILES string of the molecule is C[C@@H]1[C@@H](C)C/C=C/[C@](O)(COCCN2CCOCC2)[C@@H]2CC[C@H]2CN2CCCCc3cc(Cl)ccc3COc3ccc(cc32)C(=O)NS1(=O)=O. The van der Waals surface area contributed by atoms with Crippen molar-refractivity contribution < 1.29 is 32.5 Å². The summed E-state index contributed by atoms with van der Waals surface area (Å²) in [6, 6.07) is 11.0. The Morgan fingerprint density at radius 2 is 1.88 bits per heavy atom. The van der Waals surface area contributed by atoms with Gasteiger partial charge in [-0.3, -0.25) is 9.69 Å². The molecular weight excluding hydrogens is 678 g/mol. The van der Waals surface area contributed by atoms with Crippen LogP contribution in [0.5, 0.6) is 5.75 Å². The molecule has 6 rings (SSSR count). The van der Waals surface area contributed by atoms with Crippen LogP contribution in [0.2, 0.25) is 5.02 Å². The van der Waals surface area contributed by atoms with Crippen molar-refractivity contribution in [1.29, 1.82) is 0 Å². The van der Waals surface area contributed by atoms with Crippen LogP contribution in [0.25, 0.3) is 0 Å². The quantitative estimate of drug-likeness (QED) is 0.316. The van der Waals surface area contributed by atoms with E-state index in [2.05, 4.69) is 14.5 Å². The van der Waals surface area contributed by atoms with E-state index < -0.39 is 26.8 Å². The summed E-state index contributed by atoms with van der Waals surface area (Å²) in [5.74, 6) is -0.223. The molecule has 1 saturated carbocycles. The van der Waals surface area contributed by atoms with Gasteiger partial charge < -0.3 is 24.2 Å². The van der Waals surface area contributed by atoms with Crippen molar-refractivity contribution in [2.75, 3.05) is 64.1 Å². The highest BCUT2D eigenvalue weighted by atomic mass is 35.5. The molecule has 0 unspecified atom stereocenters. The summed E-state index contributed by atoms with van der Waals surface area (Å²) in [5.41, 5.74) is 2.01. The lowest BCUT2D eigenvalue weighted by Gasteiger charge is -2.48. The summed E-state index contributed by atoms with van der Waals surface area (Å²) in [6.45, 7) is 9.81. The number of anilines is 1. The molecule has 4 aliphatic rings. The highest BCUT2D eigenvalue weighted by molar-refractivity contribution is 7.90. The minimum atomic E-state index is -3.99. The molecule has 3 heterocycles. The van der Waals surface area contributed by atoms with Crippen LogP contribution in [0.15, 0.2) is 48.6 Å². The number of aliphatic hydroxyl groups is 1. The van der Waals surface area contributed by atoms with Gasteiger partial charge in [-0.25, -0.2) is 13.1 Å². The molecule has 2 bridgehead atoms. The Hall–Kier alpha value is -2.67. The van der Waals surface area contributed by atoms with Gasteiger partial charge in [0.05, 0.1) is 37.4 Å². The third-order valence-corrected chi connectivity index (χ3v) is 13.3. The van der Waals surface area contributed by atoms with E-state index in [4.69, 9.17) is 25.8 Å². The smallest absolute Gasteiger partial charge is 0.264 e. The second kappa shape index (κ2) is 16.3. The summed E-state index contributed by atoms with van der Waals surface area (Å²) in [6.07, 6.45) is 8.68. The van der Waals surface area contributed by atoms with Crippen molar-refractivity contribution in [2.45, 2.75) is 69.8 Å². The number of benzene rings is 2. The Balaban J connectivity index is 1.31. The monoisotopic (exact) mass is 729 g/mol. The first-order valence-corrected chi connectivity index (χ1v) is 20.1. The fourth-order valence-corrected chi connectivity index (χ4v) is 9.09. The lowest BCUT2D eigenvalue weighted by Crippen LogP contribution is -2.52. The lowest BCUT2D eigenvalue weighted by molar-refractivity contribution is -0.0981. The topological polar surface area (TPSA) is 118 Å². The number of carbonyl (C=O) groups is 1. The van der Waals surface area contributed by atoms with E-state index in [0.717, 1.165) is 81.8 Å². The number of allylic oxidation sites excluding steroid dienone is 1. The second-order valence-corrected chi connectivity index (χ2v) is 17.0. The van der Waals surface area contributed by atoms with Crippen molar-refractivity contribution in [3.8, 4) is 5.75 Å². The van der Waals surface area contributed by atoms with E-state index in [1.807, 2.05) is 37.3 Å². The number of rotatable bonds is 5. The van der Waals surface area contributed by atoms with Crippen LogP contribution < -0.4 is 14.4 Å². The standard InChI is InChI=1S/C38H52ClN3O7S/c1-27-6-5-14-38(44,26-48-21-18-41-16-19-47-20-17-41)34-12-9-31(34)24-42-15-4-3-7-29-22-33(39)11-8-32(29)25-49-36-13-10-30(23-35(36)42)37(43)40-50(45,46)28(27)2/h5,8,10-11,13-14,22-23,27-28,31,34,44H,3-4,6-7,9,12,15-21,24-26H2,1-2H3,(H,40,43)/b14-5+/t27-,28+,31-,34+,38-/m0/s1. The van der Waals surface area contributed by atoms with E-state index in [1.54, 1.807) is 25.1 Å². The van der Waals surface area contributed by atoms with E-state index in [9.17, 15) is 18.3 Å². The van der Waals surface area contributed by atoms with Gasteiger partial charge in [-0.15, -0.1) is 0 Å². The molecule has 1 amide bonds. The molecule has 12 heteroatoms. The zero-order chi connectivity index (χ0) is 35.3. The van der Waals surface area contributed by atoms with Crippen LogP contribution in [-0.4, -0.2) is 94.3 Å². The summed E-state index contributed by atoms with van der Waals surface area (Å²) in [7, 11) is -3.99. The normalized spacial score (nSPS) is 30.0. The number of hydrogen-bond donors (Lipinski definition) is 2. The number of halogens is 1. The predicted octanol–water partition coefficient (Wildman–Crippen LogP) is 5.21. The van der Waals surface area contributed by atoms with E-state index in [-0.39, 0.29) is 29.9 Å². The van der Waals surface area contributed by atoms with Crippen molar-refractivity contribution >= 4 is 33.2 Å². The Morgan fingerprint density at radius 1 is 1.06 bits per heavy atom. The van der Waals surface area contributed by atoms with E-state index in [0.29, 0.717) is 43.5 Å². The number of ether oxygens (including phenoxy) is 3. The van der Waals surface area contributed by atoms with Gasteiger partial charge in [0.2, 0.25) is 10.0 Å². The maximum absolute atomic E-state index is 13.5. The van der Waals surface area contributed by atoms with E-state index >= 15 is 0 Å². The first-order valence-electron chi connectivity index (χ1n) is 18.2. The number of hydrogen-bond acceptors (Lipinski definition) is 9. The number of amides is 1. The van der Waals surface area contributed by atoms with Crippen LogP contribution in [0, 0.1) is 17.8 Å². The van der Waals surface area contributed by atoms with Gasteiger partial charge in [0.15, 0.2) is 0 Å². The van der Waals surface area contributed by atoms with Gasteiger partial charge in [0.1, 0.15) is 18.0 Å². The molecular formula is C38H52ClN3O7S. The molecule has 0 spiro atoms. The number of fused-ring (bicyclic) bond motifs is 3. The van der Waals surface area contributed by atoms with Crippen molar-refractivity contribution in [3.05, 3.63) is 70.3 Å². The fourth-order valence-electron chi connectivity index (χ4n) is 7.61. The van der Waals surface area contributed by atoms with Crippen LogP contribution in [0.4, 0.5) is 5.69 Å². The van der Waals surface area contributed by atoms with Gasteiger partial charge in [-0.05, 0) is 105 Å². The number of carbonyl (C=O) groups excluding carboxylic acids is 1. The molecule has 2 aromatic carbocycles.